The Morgan fingerprint density at radius 3 is 2.55 bits per heavy atom. The molecule has 0 unspecified atom stereocenters. The molecular weight excluding hydrogens is 380 g/mol. The van der Waals surface area contributed by atoms with Gasteiger partial charge in [0, 0.05) is 23.4 Å². The lowest BCUT2D eigenvalue weighted by atomic mass is 9.96. The van der Waals surface area contributed by atoms with Crippen molar-refractivity contribution in [3.05, 3.63) is 86.8 Å². The van der Waals surface area contributed by atoms with E-state index in [2.05, 4.69) is 4.98 Å². The van der Waals surface area contributed by atoms with Gasteiger partial charge in [0.25, 0.3) is 5.56 Å². The van der Waals surface area contributed by atoms with E-state index < -0.39 is 23.2 Å². The van der Waals surface area contributed by atoms with Gasteiger partial charge in [-0.2, -0.15) is 0 Å². The maximum absolute atomic E-state index is 13.9. The molecule has 0 aliphatic carbocycles. The van der Waals surface area contributed by atoms with Gasteiger partial charge in [-0.3, -0.25) is 4.79 Å². The Kier molecular flexibility index (Phi) is 5.77. The van der Waals surface area contributed by atoms with E-state index in [1.165, 1.54) is 13.2 Å². The molecule has 0 saturated carbocycles. The van der Waals surface area contributed by atoms with E-state index in [9.17, 15) is 18.4 Å². The number of nitrogens with one attached hydrogen (secondary N) is 1. The number of H-pyrrole nitrogens is 1. The topological polar surface area (TPSA) is 68.4 Å². The number of pyridine rings is 1. The van der Waals surface area contributed by atoms with Gasteiger partial charge < -0.3 is 14.5 Å². The zero-order valence-corrected chi connectivity index (χ0v) is 16.1. The maximum atomic E-state index is 13.9. The average molecular weight is 399 g/mol. The Hall–Kier alpha value is -3.48. The number of esters is 1. The van der Waals surface area contributed by atoms with Crippen molar-refractivity contribution in [2.75, 3.05) is 7.11 Å². The second-order valence-corrected chi connectivity index (χ2v) is 6.51. The van der Waals surface area contributed by atoms with Crippen molar-refractivity contribution in [3.8, 4) is 16.9 Å². The Balaban J connectivity index is 2.07. The van der Waals surface area contributed by atoms with Crippen LogP contribution in [0.3, 0.4) is 0 Å². The van der Waals surface area contributed by atoms with Gasteiger partial charge in [0.1, 0.15) is 24.0 Å². The third kappa shape index (κ3) is 4.18. The summed E-state index contributed by atoms with van der Waals surface area (Å²) in [6, 6.07) is 9.73. The summed E-state index contributed by atoms with van der Waals surface area (Å²) in [7, 11) is 1.28. The van der Waals surface area contributed by atoms with Crippen LogP contribution in [0.2, 0.25) is 0 Å². The Labute approximate surface area is 165 Å². The molecule has 5 nitrogen and oxygen atoms in total. The number of hydrogen-bond acceptors (Lipinski definition) is 4. The van der Waals surface area contributed by atoms with E-state index in [0.717, 1.165) is 12.1 Å². The third-order valence-electron chi connectivity index (χ3n) is 4.54. The summed E-state index contributed by atoms with van der Waals surface area (Å²) >= 11 is 0. The first kappa shape index (κ1) is 20.3. The zero-order valence-electron chi connectivity index (χ0n) is 16.1. The van der Waals surface area contributed by atoms with Crippen LogP contribution in [0.15, 0.2) is 47.3 Å². The van der Waals surface area contributed by atoms with Crippen molar-refractivity contribution < 1.29 is 23.0 Å². The van der Waals surface area contributed by atoms with E-state index in [4.69, 9.17) is 9.47 Å². The van der Waals surface area contributed by atoms with Crippen molar-refractivity contribution in [3.63, 3.8) is 0 Å². The molecule has 1 heterocycles. The molecule has 7 heteroatoms. The van der Waals surface area contributed by atoms with Crippen LogP contribution in [-0.4, -0.2) is 18.1 Å². The molecule has 3 aromatic rings. The smallest absolute Gasteiger partial charge is 0.338 e. The number of aryl methyl sites for hydroxylation is 1. The van der Waals surface area contributed by atoms with Crippen LogP contribution in [0.5, 0.6) is 5.75 Å². The fourth-order valence-electron chi connectivity index (χ4n) is 3.06. The third-order valence-corrected chi connectivity index (χ3v) is 4.54. The zero-order chi connectivity index (χ0) is 21.1. The van der Waals surface area contributed by atoms with Crippen LogP contribution >= 0.6 is 0 Å². The van der Waals surface area contributed by atoms with Crippen LogP contribution in [0.1, 0.15) is 27.2 Å². The number of aromatic amines is 1. The Morgan fingerprint density at radius 2 is 1.86 bits per heavy atom. The first-order valence-electron chi connectivity index (χ1n) is 8.80. The number of methoxy groups -OCH3 is 1. The second-order valence-electron chi connectivity index (χ2n) is 6.51. The Bertz CT molecular complexity index is 1140. The molecule has 1 N–H and O–H groups in total. The fraction of sp³-hybridized carbons (Fsp3) is 0.182. The molecule has 0 fully saturated rings. The van der Waals surface area contributed by atoms with E-state index in [1.807, 2.05) is 0 Å². The van der Waals surface area contributed by atoms with Crippen LogP contribution < -0.4 is 10.3 Å². The van der Waals surface area contributed by atoms with Crippen LogP contribution in [-0.2, 0) is 11.3 Å². The average Bonchev–Trinajstić information content (AvgIpc) is 2.67. The first-order chi connectivity index (χ1) is 13.8. The SMILES string of the molecule is COC(=O)c1cccc(-c2c(OCc3ccc(F)cc3F)cc(C)[nH]c2=O)c1C. The van der Waals surface area contributed by atoms with Gasteiger partial charge in [0.05, 0.1) is 18.2 Å². The number of benzene rings is 2. The predicted molar refractivity (Wildman–Crippen MR) is 104 cm³/mol. The Morgan fingerprint density at radius 1 is 1.10 bits per heavy atom. The maximum Gasteiger partial charge on any atom is 0.338 e. The number of carbonyl (C=O) groups excluding carboxylic acids is 1. The molecular formula is C22H19F2NO4. The van der Waals surface area contributed by atoms with Gasteiger partial charge in [-0.05, 0) is 43.2 Å². The summed E-state index contributed by atoms with van der Waals surface area (Å²) in [4.78, 5) is 27.4. The normalized spacial score (nSPS) is 10.7. The summed E-state index contributed by atoms with van der Waals surface area (Å²) in [5.41, 5.74) is 1.85. The van der Waals surface area contributed by atoms with Gasteiger partial charge in [-0.15, -0.1) is 0 Å². The van der Waals surface area contributed by atoms with E-state index in [-0.39, 0.29) is 23.5 Å². The van der Waals surface area contributed by atoms with Crippen molar-refractivity contribution in [2.45, 2.75) is 20.5 Å². The lowest BCUT2D eigenvalue weighted by molar-refractivity contribution is 0.0600. The van der Waals surface area contributed by atoms with Gasteiger partial charge in [0.2, 0.25) is 0 Å². The standard InChI is InChI=1S/C22H19F2NO4/c1-12-9-19(29-11-14-7-8-15(23)10-18(14)24)20(21(26)25-12)16-5-4-6-17(13(16)2)22(27)28-3/h4-10H,11H2,1-3H3,(H,25,26). The molecule has 0 radical (unpaired) electrons. The van der Waals surface area contributed by atoms with E-state index in [0.29, 0.717) is 22.4 Å². The second kappa shape index (κ2) is 8.26. The molecule has 150 valence electrons. The number of hydrogen-bond donors (Lipinski definition) is 1. The van der Waals surface area contributed by atoms with Crippen LogP contribution in [0.25, 0.3) is 11.1 Å². The molecule has 29 heavy (non-hydrogen) atoms. The molecule has 0 bridgehead atoms. The number of halogens is 2. The molecule has 0 spiro atoms. The lowest BCUT2D eigenvalue weighted by Gasteiger charge is -2.15. The van der Waals surface area contributed by atoms with Gasteiger partial charge in [-0.25, -0.2) is 13.6 Å². The number of aromatic nitrogens is 1. The number of ether oxygens (including phenoxy) is 2. The molecule has 2 aromatic carbocycles. The van der Waals surface area contributed by atoms with E-state index in [1.54, 1.807) is 38.1 Å². The fourth-order valence-corrected chi connectivity index (χ4v) is 3.06. The van der Waals surface area contributed by atoms with Crippen molar-refractivity contribution in [1.82, 2.24) is 4.98 Å². The highest BCUT2D eigenvalue weighted by atomic mass is 19.1. The van der Waals surface area contributed by atoms with Gasteiger partial charge >= 0.3 is 5.97 Å². The monoisotopic (exact) mass is 399 g/mol. The minimum absolute atomic E-state index is 0.148. The van der Waals surface area contributed by atoms with Crippen molar-refractivity contribution in [2.24, 2.45) is 0 Å². The highest BCUT2D eigenvalue weighted by Gasteiger charge is 2.19. The molecule has 0 saturated heterocycles. The minimum atomic E-state index is -0.739. The van der Waals surface area contributed by atoms with Crippen LogP contribution in [0.4, 0.5) is 8.78 Å². The highest BCUT2D eigenvalue weighted by Crippen LogP contribution is 2.32. The molecule has 0 atom stereocenters. The van der Waals surface area contributed by atoms with Crippen LogP contribution in [0, 0.1) is 25.5 Å². The predicted octanol–water partition coefficient (Wildman–Crippen LogP) is 4.30. The highest BCUT2D eigenvalue weighted by molar-refractivity contribution is 5.93. The summed E-state index contributed by atoms with van der Waals surface area (Å²) < 4.78 is 37.6. The van der Waals surface area contributed by atoms with Crippen molar-refractivity contribution in [1.29, 1.82) is 0 Å². The molecule has 1 aromatic heterocycles. The quantitative estimate of drug-likeness (QED) is 0.650. The first-order valence-corrected chi connectivity index (χ1v) is 8.80. The molecule has 0 amide bonds. The number of rotatable bonds is 5. The summed E-state index contributed by atoms with van der Waals surface area (Å²) in [5, 5.41) is 0. The molecule has 3 rings (SSSR count). The largest absolute Gasteiger partial charge is 0.488 e. The molecule has 0 aliphatic rings. The minimum Gasteiger partial charge on any atom is -0.488 e. The summed E-state index contributed by atoms with van der Waals surface area (Å²) in [6.07, 6.45) is 0. The summed E-state index contributed by atoms with van der Waals surface area (Å²) in [5.74, 6) is -1.73. The van der Waals surface area contributed by atoms with E-state index >= 15 is 0 Å². The number of carbonyl (C=O) groups is 1. The lowest BCUT2D eigenvalue weighted by Crippen LogP contribution is -2.14. The summed E-state index contributed by atoms with van der Waals surface area (Å²) in [6.45, 7) is 3.19. The molecule has 0 aliphatic heterocycles. The van der Waals surface area contributed by atoms with Gasteiger partial charge in [0.15, 0.2) is 0 Å². The van der Waals surface area contributed by atoms with Crippen molar-refractivity contribution >= 4 is 5.97 Å². The van der Waals surface area contributed by atoms with Gasteiger partial charge in [-0.1, -0.05) is 12.1 Å².